The molecule has 0 saturated carbocycles. The summed E-state index contributed by atoms with van der Waals surface area (Å²) in [5, 5.41) is 4.88. The van der Waals surface area contributed by atoms with E-state index in [2.05, 4.69) is 15.1 Å². The zero-order valence-corrected chi connectivity index (χ0v) is 7.79. The van der Waals surface area contributed by atoms with E-state index >= 15 is 0 Å². The Morgan fingerprint density at radius 1 is 1.00 bits per heavy atom. The van der Waals surface area contributed by atoms with E-state index < -0.39 is 0 Å². The highest BCUT2D eigenvalue weighted by Crippen LogP contribution is 2.23. The molecule has 0 bridgehead atoms. The van der Waals surface area contributed by atoms with Gasteiger partial charge < -0.3 is 4.52 Å². The number of pyridine rings is 1. The minimum absolute atomic E-state index is 0.569. The van der Waals surface area contributed by atoms with Crippen molar-refractivity contribution in [3.8, 4) is 11.4 Å². The van der Waals surface area contributed by atoms with Crippen molar-refractivity contribution in [3.63, 3.8) is 0 Å². The zero-order valence-electron chi connectivity index (χ0n) is 7.79. The topological polar surface area (TPSA) is 51.8 Å². The number of benzene rings is 1. The summed E-state index contributed by atoms with van der Waals surface area (Å²) in [6.07, 6.45) is 3.07. The van der Waals surface area contributed by atoms with Gasteiger partial charge in [0.25, 0.3) is 0 Å². The fourth-order valence-electron chi connectivity index (χ4n) is 1.57. The summed E-state index contributed by atoms with van der Waals surface area (Å²) in [7, 11) is 0. The van der Waals surface area contributed by atoms with E-state index in [9.17, 15) is 0 Å². The van der Waals surface area contributed by atoms with Crippen LogP contribution in [0.1, 0.15) is 0 Å². The van der Waals surface area contributed by atoms with Crippen molar-refractivity contribution in [1.82, 2.24) is 15.1 Å². The van der Waals surface area contributed by atoms with E-state index in [1.54, 1.807) is 6.20 Å². The molecule has 2 aromatic heterocycles. The molecule has 0 radical (unpaired) electrons. The number of rotatable bonds is 1. The van der Waals surface area contributed by atoms with Gasteiger partial charge >= 0.3 is 0 Å². The Morgan fingerprint density at radius 2 is 1.93 bits per heavy atom. The van der Waals surface area contributed by atoms with Gasteiger partial charge in [-0.3, -0.25) is 4.98 Å². The first-order valence-corrected chi connectivity index (χ1v) is 4.55. The lowest BCUT2D eigenvalue weighted by molar-refractivity contribution is 0.419. The monoisotopic (exact) mass is 197 g/mol. The third-order valence-corrected chi connectivity index (χ3v) is 2.23. The molecule has 0 unspecified atom stereocenters. The van der Waals surface area contributed by atoms with E-state index in [4.69, 9.17) is 4.52 Å². The summed E-state index contributed by atoms with van der Waals surface area (Å²) < 4.78 is 4.73. The second kappa shape index (κ2) is 3.16. The summed E-state index contributed by atoms with van der Waals surface area (Å²) in [4.78, 5) is 8.33. The fourth-order valence-corrected chi connectivity index (χ4v) is 1.57. The summed E-state index contributed by atoms with van der Waals surface area (Å²) >= 11 is 0. The van der Waals surface area contributed by atoms with Crippen LogP contribution in [0.5, 0.6) is 0 Å². The van der Waals surface area contributed by atoms with Gasteiger partial charge in [0.1, 0.15) is 0 Å². The minimum Gasteiger partial charge on any atom is -0.342 e. The highest BCUT2D eigenvalue weighted by Gasteiger charge is 2.07. The van der Waals surface area contributed by atoms with Crippen molar-refractivity contribution in [2.24, 2.45) is 0 Å². The zero-order chi connectivity index (χ0) is 10.1. The van der Waals surface area contributed by atoms with Crippen LogP contribution in [0.3, 0.4) is 0 Å². The molecule has 0 saturated heterocycles. The van der Waals surface area contributed by atoms with E-state index in [0.717, 1.165) is 16.5 Å². The number of fused-ring (bicyclic) bond motifs is 1. The van der Waals surface area contributed by atoms with Crippen molar-refractivity contribution < 1.29 is 4.52 Å². The molecule has 0 aliphatic carbocycles. The Bertz CT molecular complexity index is 584. The molecular formula is C11H7N3O. The van der Waals surface area contributed by atoms with Gasteiger partial charge in [0.15, 0.2) is 0 Å². The first-order valence-electron chi connectivity index (χ1n) is 4.55. The number of aromatic nitrogens is 3. The van der Waals surface area contributed by atoms with Gasteiger partial charge in [-0.2, -0.15) is 4.98 Å². The molecule has 3 aromatic rings. The van der Waals surface area contributed by atoms with E-state index in [0.29, 0.717) is 5.82 Å². The molecule has 0 aliphatic rings. The quantitative estimate of drug-likeness (QED) is 0.600. The lowest BCUT2D eigenvalue weighted by Gasteiger charge is -2.00. The second-order valence-corrected chi connectivity index (χ2v) is 3.14. The Hall–Kier alpha value is -2.23. The summed E-state index contributed by atoms with van der Waals surface area (Å²) in [6, 6.07) is 9.80. The van der Waals surface area contributed by atoms with Crippen LogP contribution in [0.25, 0.3) is 22.3 Å². The lowest BCUT2D eigenvalue weighted by atomic mass is 10.1. The predicted octanol–water partition coefficient (Wildman–Crippen LogP) is 2.28. The Kier molecular flexibility index (Phi) is 1.71. The van der Waals surface area contributed by atoms with Crippen molar-refractivity contribution in [3.05, 3.63) is 42.9 Å². The number of para-hydroxylation sites is 1. The van der Waals surface area contributed by atoms with Gasteiger partial charge in [-0.15, -0.1) is 0 Å². The van der Waals surface area contributed by atoms with Crippen LogP contribution in [0.4, 0.5) is 0 Å². The van der Waals surface area contributed by atoms with Gasteiger partial charge in [-0.05, 0) is 12.1 Å². The maximum atomic E-state index is 4.73. The average Bonchev–Trinajstić information content (AvgIpc) is 2.82. The fraction of sp³-hybridized carbons (Fsp3) is 0. The molecule has 0 spiro atoms. The maximum absolute atomic E-state index is 4.73. The smallest absolute Gasteiger partial charge is 0.214 e. The minimum atomic E-state index is 0.569. The lowest BCUT2D eigenvalue weighted by Crippen LogP contribution is -1.85. The largest absolute Gasteiger partial charge is 0.342 e. The molecule has 0 amide bonds. The number of hydrogen-bond donors (Lipinski definition) is 0. The Labute approximate surface area is 85.6 Å². The van der Waals surface area contributed by atoms with Gasteiger partial charge in [0, 0.05) is 17.1 Å². The van der Waals surface area contributed by atoms with Crippen LogP contribution in [0, 0.1) is 0 Å². The molecule has 4 heteroatoms. The molecule has 72 valence electrons. The molecule has 0 atom stereocenters. The molecule has 1 aromatic carbocycles. The molecule has 0 N–H and O–H groups in total. The van der Waals surface area contributed by atoms with Crippen molar-refractivity contribution in [1.29, 1.82) is 0 Å². The van der Waals surface area contributed by atoms with Crippen LogP contribution in [0.2, 0.25) is 0 Å². The Morgan fingerprint density at radius 3 is 2.80 bits per heavy atom. The summed E-state index contributed by atoms with van der Waals surface area (Å²) in [5.41, 5.74) is 1.78. The Balaban J connectivity index is 2.36. The van der Waals surface area contributed by atoms with Gasteiger partial charge in [-0.1, -0.05) is 23.4 Å². The highest BCUT2D eigenvalue weighted by molar-refractivity contribution is 5.91. The second-order valence-electron chi connectivity index (χ2n) is 3.14. The molecule has 3 rings (SSSR count). The average molecular weight is 197 g/mol. The standard InChI is InChI=1S/C11H7N3O/c1-3-8-4-2-6-12-10(8)9(5-1)11-13-7-15-14-11/h1-7H. The molecule has 0 fully saturated rings. The van der Waals surface area contributed by atoms with Crippen LogP contribution >= 0.6 is 0 Å². The summed E-state index contributed by atoms with van der Waals surface area (Å²) in [5.74, 6) is 0.569. The molecular weight excluding hydrogens is 190 g/mol. The highest BCUT2D eigenvalue weighted by atomic mass is 16.5. The van der Waals surface area contributed by atoms with E-state index in [-0.39, 0.29) is 0 Å². The SMILES string of the molecule is c1cnc2c(-c3ncon3)cccc2c1. The predicted molar refractivity (Wildman–Crippen MR) is 55.0 cm³/mol. The van der Waals surface area contributed by atoms with Crippen LogP contribution in [-0.4, -0.2) is 15.1 Å². The third-order valence-electron chi connectivity index (χ3n) is 2.23. The van der Waals surface area contributed by atoms with Crippen LogP contribution < -0.4 is 0 Å². The van der Waals surface area contributed by atoms with Crippen molar-refractivity contribution >= 4 is 10.9 Å². The van der Waals surface area contributed by atoms with Crippen LogP contribution in [-0.2, 0) is 0 Å². The van der Waals surface area contributed by atoms with Gasteiger partial charge in [0.05, 0.1) is 5.52 Å². The number of hydrogen-bond acceptors (Lipinski definition) is 4. The van der Waals surface area contributed by atoms with Crippen molar-refractivity contribution in [2.45, 2.75) is 0 Å². The molecule has 0 aliphatic heterocycles. The van der Waals surface area contributed by atoms with Gasteiger partial charge in [0.2, 0.25) is 12.2 Å². The number of nitrogens with zero attached hydrogens (tertiary/aromatic N) is 3. The summed E-state index contributed by atoms with van der Waals surface area (Å²) in [6.45, 7) is 0. The van der Waals surface area contributed by atoms with E-state index in [1.165, 1.54) is 6.39 Å². The first-order chi connectivity index (χ1) is 7.45. The van der Waals surface area contributed by atoms with E-state index in [1.807, 2.05) is 30.3 Å². The van der Waals surface area contributed by atoms with Gasteiger partial charge in [-0.25, -0.2) is 0 Å². The first kappa shape index (κ1) is 8.11. The van der Waals surface area contributed by atoms with Crippen molar-refractivity contribution in [2.75, 3.05) is 0 Å². The third kappa shape index (κ3) is 1.27. The maximum Gasteiger partial charge on any atom is 0.214 e. The molecule has 4 nitrogen and oxygen atoms in total. The molecule has 2 heterocycles. The normalized spacial score (nSPS) is 10.7. The van der Waals surface area contributed by atoms with Crippen LogP contribution in [0.15, 0.2) is 47.4 Å². The molecule has 15 heavy (non-hydrogen) atoms.